The molecule has 104 valence electrons. The van der Waals surface area contributed by atoms with E-state index in [1.165, 1.54) is 6.42 Å². The third-order valence-electron chi connectivity index (χ3n) is 4.33. The first-order chi connectivity index (χ1) is 8.57. The number of carbonyl (C=O) groups excluding carboxylic acids is 1. The van der Waals surface area contributed by atoms with Crippen LogP contribution in [0.15, 0.2) is 0 Å². The lowest BCUT2D eigenvalue weighted by atomic mass is 9.57. The molecular weight excluding hydrogens is 230 g/mol. The molecule has 1 saturated carbocycles. The number of esters is 1. The van der Waals surface area contributed by atoms with Crippen molar-refractivity contribution in [3.8, 4) is 0 Å². The van der Waals surface area contributed by atoms with Gasteiger partial charge in [0.2, 0.25) is 0 Å². The first-order valence-electron chi connectivity index (χ1n) is 7.08. The standard InChI is InChI=1S/C14H25NO3/c1-4-17-11(16)6-5-8-15-12-10-7-9-18-13(10)14(12,2)3/h10,12-13,15H,4-9H2,1-3H3. The van der Waals surface area contributed by atoms with Crippen molar-refractivity contribution in [3.63, 3.8) is 0 Å². The van der Waals surface area contributed by atoms with Gasteiger partial charge in [-0.2, -0.15) is 0 Å². The van der Waals surface area contributed by atoms with E-state index >= 15 is 0 Å². The number of hydrogen-bond donors (Lipinski definition) is 1. The molecule has 4 nitrogen and oxygen atoms in total. The number of nitrogens with one attached hydrogen (secondary N) is 1. The lowest BCUT2D eigenvalue weighted by molar-refractivity contribution is -0.143. The minimum absolute atomic E-state index is 0.0887. The van der Waals surface area contributed by atoms with Gasteiger partial charge >= 0.3 is 5.97 Å². The first kappa shape index (κ1) is 13.8. The van der Waals surface area contributed by atoms with Crippen molar-refractivity contribution in [2.45, 2.75) is 52.2 Å². The Morgan fingerprint density at radius 2 is 2.28 bits per heavy atom. The van der Waals surface area contributed by atoms with Crippen molar-refractivity contribution in [2.75, 3.05) is 19.8 Å². The van der Waals surface area contributed by atoms with Gasteiger partial charge in [-0.1, -0.05) is 13.8 Å². The summed E-state index contributed by atoms with van der Waals surface area (Å²) in [5, 5.41) is 3.59. The zero-order valence-corrected chi connectivity index (χ0v) is 11.7. The van der Waals surface area contributed by atoms with Crippen molar-refractivity contribution >= 4 is 5.97 Å². The molecule has 2 rings (SSSR count). The summed E-state index contributed by atoms with van der Waals surface area (Å²) in [6, 6.07) is 0.534. The summed E-state index contributed by atoms with van der Waals surface area (Å²) in [5.41, 5.74) is 0.227. The van der Waals surface area contributed by atoms with Crippen molar-refractivity contribution in [1.29, 1.82) is 0 Å². The smallest absolute Gasteiger partial charge is 0.305 e. The highest BCUT2D eigenvalue weighted by atomic mass is 16.5. The van der Waals surface area contributed by atoms with E-state index in [2.05, 4.69) is 19.2 Å². The normalized spacial score (nSPS) is 32.7. The molecule has 1 heterocycles. The predicted molar refractivity (Wildman–Crippen MR) is 69.3 cm³/mol. The number of rotatable bonds is 6. The van der Waals surface area contributed by atoms with Crippen LogP contribution < -0.4 is 5.32 Å². The Hall–Kier alpha value is -0.610. The molecule has 2 aliphatic rings. The summed E-state index contributed by atoms with van der Waals surface area (Å²) < 4.78 is 10.7. The number of carbonyl (C=O) groups is 1. The molecule has 1 N–H and O–H groups in total. The molecule has 3 atom stereocenters. The molecule has 1 saturated heterocycles. The summed E-state index contributed by atoms with van der Waals surface area (Å²) in [5.74, 6) is 0.580. The molecule has 3 unspecified atom stereocenters. The van der Waals surface area contributed by atoms with Gasteiger partial charge in [0, 0.05) is 30.4 Å². The van der Waals surface area contributed by atoms with E-state index in [-0.39, 0.29) is 11.4 Å². The van der Waals surface area contributed by atoms with E-state index in [0.717, 1.165) is 19.6 Å². The van der Waals surface area contributed by atoms with Crippen LogP contribution in [0.25, 0.3) is 0 Å². The molecule has 0 aromatic rings. The van der Waals surface area contributed by atoms with E-state index in [9.17, 15) is 4.79 Å². The SMILES string of the molecule is CCOC(=O)CCCNC1C2CCOC2C1(C)C. The molecule has 0 amide bonds. The lowest BCUT2D eigenvalue weighted by Crippen LogP contribution is -2.65. The summed E-state index contributed by atoms with van der Waals surface area (Å²) in [7, 11) is 0. The van der Waals surface area contributed by atoms with Crippen LogP contribution in [0.4, 0.5) is 0 Å². The Morgan fingerprint density at radius 3 is 3.00 bits per heavy atom. The molecule has 0 aromatic carbocycles. The van der Waals surface area contributed by atoms with E-state index in [0.29, 0.717) is 31.1 Å². The highest BCUT2D eigenvalue weighted by Gasteiger charge is 2.58. The Labute approximate surface area is 109 Å². The zero-order chi connectivity index (χ0) is 13.2. The average molecular weight is 255 g/mol. The van der Waals surface area contributed by atoms with Crippen molar-refractivity contribution in [1.82, 2.24) is 5.32 Å². The molecule has 18 heavy (non-hydrogen) atoms. The van der Waals surface area contributed by atoms with Gasteiger partial charge in [-0.05, 0) is 26.3 Å². The second-order valence-electron chi connectivity index (χ2n) is 5.91. The van der Waals surface area contributed by atoms with Gasteiger partial charge in [0.1, 0.15) is 0 Å². The molecule has 0 radical (unpaired) electrons. The molecule has 1 aliphatic heterocycles. The maximum atomic E-state index is 11.2. The van der Waals surface area contributed by atoms with Crippen LogP contribution >= 0.6 is 0 Å². The van der Waals surface area contributed by atoms with Gasteiger partial charge in [-0.15, -0.1) is 0 Å². The Morgan fingerprint density at radius 1 is 1.50 bits per heavy atom. The van der Waals surface area contributed by atoms with Crippen LogP contribution in [0.2, 0.25) is 0 Å². The average Bonchev–Trinajstić information content (AvgIpc) is 2.75. The highest BCUT2D eigenvalue weighted by molar-refractivity contribution is 5.69. The Bertz CT molecular complexity index is 303. The van der Waals surface area contributed by atoms with Crippen LogP contribution in [0.5, 0.6) is 0 Å². The first-order valence-corrected chi connectivity index (χ1v) is 7.08. The second-order valence-corrected chi connectivity index (χ2v) is 5.91. The molecule has 1 aliphatic carbocycles. The number of fused-ring (bicyclic) bond motifs is 1. The molecular formula is C14H25NO3. The van der Waals surface area contributed by atoms with E-state index in [1.54, 1.807) is 0 Å². The monoisotopic (exact) mass is 255 g/mol. The van der Waals surface area contributed by atoms with Crippen LogP contribution in [-0.2, 0) is 14.3 Å². The van der Waals surface area contributed by atoms with Crippen molar-refractivity contribution in [2.24, 2.45) is 11.3 Å². The summed E-state index contributed by atoms with van der Waals surface area (Å²) >= 11 is 0. The molecule has 0 aromatic heterocycles. The topological polar surface area (TPSA) is 47.6 Å². The minimum Gasteiger partial charge on any atom is -0.466 e. The van der Waals surface area contributed by atoms with Crippen molar-refractivity contribution in [3.05, 3.63) is 0 Å². The third kappa shape index (κ3) is 2.54. The molecule has 4 heteroatoms. The van der Waals surface area contributed by atoms with Gasteiger partial charge in [0.05, 0.1) is 12.7 Å². The minimum atomic E-state index is -0.0887. The fraction of sp³-hybridized carbons (Fsp3) is 0.929. The van der Waals surface area contributed by atoms with E-state index in [1.807, 2.05) is 6.92 Å². The lowest BCUT2D eigenvalue weighted by Gasteiger charge is -2.55. The molecule has 0 bridgehead atoms. The van der Waals surface area contributed by atoms with Crippen LogP contribution in [0, 0.1) is 11.3 Å². The predicted octanol–water partition coefficient (Wildman–Crippen LogP) is 1.73. The second kappa shape index (κ2) is 5.57. The summed E-state index contributed by atoms with van der Waals surface area (Å²) in [6.45, 7) is 8.64. The zero-order valence-electron chi connectivity index (χ0n) is 11.7. The summed E-state index contributed by atoms with van der Waals surface area (Å²) in [6.07, 6.45) is 2.96. The van der Waals surface area contributed by atoms with Gasteiger partial charge in [0.15, 0.2) is 0 Å². The van der Waals surface area contributed by atoms with Gasteiger partial charge in [0.25, 0.3) is 0 Å². The van der Waals surface area contributed by atoms with Gasteiger partial charge < -0.3 is 14.8 Å². The van der Waals surface area contributed by atoms with Crippen LogP contribution in [0.1, 0.15) is 40.0 Å². The largest absolute Gasteiger partial charge is 0.466 e. The Kier molecular flexibility index (Phi) is 4.28. The maximum Gasteiger partial charge on any atom is 0.305 e. The summed E-state index contributed by atoms with van der Waals surface area (Å²) in [4.78, 5) is 11.2. The number of ether oxygens (including phenoxy) is 2. The third-order valence-corrected chi connectivity index (χ3v) is 4.33. The Balaban J connectivity index is 1.66. The highest BCUT2D eigenvalue weighted by Crippen LogP contribution is 2.51. The van der Waals surface area contributed by atoms with Gasteiger partial charge in [-0.25, -0.2) is 0 Å². The number of hydrogen-bond acceptors (Lipinski definition) is 4. The van der Waals surface area contributed by atoms with E-state index < -0.39 is 0 Å². The van der Waals surface area contributed by atoms with Crippen LogP contribution in [-0.4, -0.2) is 37.9 Å². The van der Waals surface area contributed by atoms with Crippen molar-refractivity contribution < 1.29 is 14.3 Å². The fourth-order valence-corrected chi connectivity index (χ4v) is 3.46. The van der Waals surface area contributed by atoms with E-state index in [4.69, 9.17) is 9.47 Å². The quantitative estimate of drug-likeness (QED) is 0.580. The van der Waals surface area contributed by atoms with Gasteiger partial charge in [-0.3, -0.25) is 4.79 Å². The molecule has 2 fully saturated rings. The maximum absolute atomic E-state index is 11.2. The fourth-order valence-electron chi connectivity index (χ4n) is 3.46. The van der Waals surface area contributed by atoms with Crippen LogP contribution in [0.3, 0.4) is 0 Å². The molecule has 0 spiro atoms.